The Morgan fingerprint density at radius 3 is 2.32 bits per heavy atom. The van der Waals surface area contributed by atoms with E-state index in [1.165, 1.54) is 11.1 Å². The highest BCUT2D eigenvalue weighted by molar-refractivity contribution is 5.91. The summed E-state index contributed by atoms with van der Waals surface area (Å²) in [5.74, 6) is -0.615. The van der Waals surface area contributed by atoms with Crippen LogP contribution in [0.4, 0.5) is 5.69 Å². The standard InChI is InChI=1S/C20H23NO4/c1-13-8-14(2)10-16(9-13)4-7-19(22)21-18-6-5-17(11-15(18)3)25-12-20(23)24/h5-6,8-11H,4,7,12H2,1-3H3,(H,21,22)(H,23,24). The average molecular weight is 341 g/mol. The van der Waals surface area contributed by atoms with Crippen molar-refractivity contribution in [3.8, 4) is 5.75 Å². The predicted molar refractivity (Wildman–Crippen MR) is 97.2 cm³/mol. The fourth-order valence-corrected chi connectivity index (χ4v) is 2.70. The van der Waals surface area contributed by atoms with E-state index in [4.69, 9.17) is 9.84 Å². The van der Waals surface area contributed by atoms with Crippen LogP contribution in [-0.2, 0) is 16.0 Å². The van der Waals surface area contributed by atoms with Crippen LogP contribution in [0.5, 0.6) is 5.75 Å². The lowest BCUT2D eigenvalue weighted by Crippen LogP contribution is -2.13. The lowest BCUT2D eigenvalue weighted by molar-refractivity contribution is -0.139. The number of ether oxygens (including phenoxy) is 1. The number of hydrogen-bond donors (Lipinski definition) is 2. The Labute approximate surface area is 147 Å². The van der Waals surface area contributed by atoms with Gasteiger partial charge in [-0.1, -0.05) is 29.3 Å². The molecule has 0 bridgehead atoms. The fraction of sp³-hybridized carbons (Fsp3) is 0.300. The molecule has 0 radical (unpaired) electrons. The minimum atomic E-state index is -1.03. The van der Waals surface area contributed by atoms with E-state index in [2.05, 4.69) is 23.5 Å². The third-order valence-electron chi connectivity index (χ3n) is 3.76. The molecular formula is C20H23NO4. The third kappa shape index (κ3) is 5.95. The average Bonchev–Trinajstić information content (AvgIpc) is 2.52. The van der Waals surface area contributed by atoms with Gasteiger partial charge in [-0.3, -0.25) is 4.79 Å². The van der Waals surface area contributed by atoms with Crippen molar-refractivity contribution in [2.75, 3.05) is 11.9 Å². The largest absolute Gasteiger partial charge is 0.482 e. The highest BCUT2D eigenvalue weighted by atomic mass is 16.5. The van der Waals surface area contributed by atoms with Crippen LogP contribution in [0.15, 0.2) is 36.4 Å². The summed E-state index contributed by atoms with van der Waals surface area (Å²) in [5.41, 5.74) is 5.07. The summed E-state index contributed by atoms with van der Waals surface area (Å²) in [6.07, 6.45) is 1.09. The van der Waals surface area contributed by atoms with Gasteiger partial charge in [-0.25, -0.2) is 4.79 Å². The maximum absolute atomic E-state index is 12.2. The zero-order valence-corrected chi connectivity index (χ0v) is 14.8. The van der Waals surface area contributed by atoms with Crippen molar-refractivity contribution >= 4 is 17.6 Å². The summed E-state index contributed by atoms with van der Waals surface area (Å²) >= 11 is 0. The van der Waals surface area contributed by atoms with Crippen LogP contribution >= 0.6 is 0 Å². The minimum absolute atomic E-state index is 0.0542. The van der Waals surface area contributed by atoms with E-state index in [0.717, 1.165) is 11.1 Å². The van der Waals surface area contributed by atoms with Crippen LogP contribution in [0.1, 0.15) is 28.7 Å². The number of amides is 1. The van der Waals surface area contributed by atoms with Crippen molar-refractivity contribution < 1.29 is 19.4 Å². The number of nitrogens with one attached hydrogen (secondary N) is 1. The molecule has 0 aliphatic carbocycles. The number of rotatable bonds is 7. The van der Waals surface area contributed by atoms with Gasteiger partial charge in [-0.15, -0.1) is 0 Å². The maximum Gasteiger partial charge on any atom is 0.341 e. The van der Waals surface area contributed by atoms with E-state index in [1.807, 2.05) is 20.8 Å². The van der Waals surface area contributed by atoms with Crippen LogP contribution in [-0.4, -0.2) is 23.6 Å². The molecule has 0 aliphatic rings. The van der Waals surface area contributed by atoms with Crippen molar-refractivity contribution in [1.29, 1.82) is 0 Å². The molecule has 5 nitrogen and oxygen atoms in total. The van der Waals surface area contributed by atoms with Gasteiger partial charge in [0.15, 0.2) is 6.61 Å². The van der Waals surface area contributed by atoms with Crippen molar-refractivity contribution in [3.63, 3.8) is 0 Å². The number of carbonyl (C=O) groups is 2. The second-order valence-electron chi connectivity index (χ2n) is 6.20. The molecule has 0 saturated heterocycles. The Balaban J connectivity index is 1.92. The highest BCUT2D eigenvalue weighted by Gasteiger charge is 2.08. The number of aryl methyl sites for hydroxylation is 4. The molecule has 0 fully saturated rings. The second-order valence-corrected chi connectivity index (χ2v) is 6.20. The molecule has 0 heterocycles. The lowest BCUT2D eigenvalue weighted by Gasteiger charge is -2.11. The first kappa shape index (κ1) is 18.5. The van der Waals surface area contributed by atoms with Gasteiger partial charge < -0.3 is 15.2 Å². The number of carboxylic acid groups (broad SMARTS) is 1. The lowest BCUT2D eigenvalue weighted by atomic mass is 10.0. The minimum Gasteiger partial charge on any atom is -0.482 e. The van der Waals surface area contributed by atoms with Gasteiger partial charge in [0.2, 0.25) is 5.91 Å². The molecule has 0 unspecified atom stereocenters. The zero-order valence-electron chi connectivity index (χ0n) is 14.8. The first-order chi connectivity index (χ1) is 11.8. The molecule has 0 saturated carbocycles. The van der Waals surface area contributed by atoms with Crippen LogP contribution in [0.25, 0.3) is 0 Å². The summed E-state index contributed by atoms with van der Waals surface area (Å²) in [6, 6.07) is 11.4. The van der Waals surface area contributed by atoms with Gasteiger partial charge in [0.1, 0.15) is 5.75 Å². The Morgan fingerprint density at radius 2 is 1.72 bits per heavy atom. The number of carbonyl (C=O) groups excluding carboxylic acids is 1. The summed E-state index contributed by atoms with van der Waals surface area (Å²) in [5, 5.41) is 11.5. The zero-order chi connectivity index (χ0) is 18.4. The smallest absolute Gasteiger partial charge is 0.341 e. The molecular weight excluding hydrogens is 318 g/mol. The maximum atomic E-state index is 12.2. The van der Waals surface area contributed by atoms with E-state index < -0.39 is 5.97 Å². The Bertz CT molecular complexity index is 763. The van der Waals surface area contributed by atoms with Crippen molar-refractivity contribution in [2.45, 2.75) is 33.6 Å². The SMILES string of the molecule is Cc1cc(C)cc(CCC(=O)Nc2ccc(OCC(=O)O)cc2C)c1. The molecule has 0 spiro atoms. The molecule has 2 N–H and O–H groups in total. The summed E-state index contributed by atoms with van der Waals surface area (Å²) in [7, 11) is 0. The fourth-order valence-electron chi connectivity index (χ4n) is 2.70. The number of anilines is 1. The Hall–Kier alpha value is -2.82. The van der Waals surface area contributed by atoms with Gasteiger partial charge in [0.05, 0.1) is 0 Å². The van der Waals surface area contributed by atoms with Gasteiger partial charge in [-0.05, 0) is 56.5 Å². The molecule has 0 atom stereocenters. The molecule has 132 valence electrons. The van der Waals surface area contributed by atoms with Gasteiger partial charge in [0.25, 0.3) is 0 Å². The van der Waals surface area contributed by atoms with E-state index >= 15 is 0 Å². The van der Waals surface area contributed by atoms with Crippen molar-refractivity contribution in [2.24, 2.45) is 0 Å². The van der Waals surface area contributed by atoms with Crippen LogP contribution in [0.2, 0.25) is 0 Å². The topological polar surface area (TPSA) is 75.6 Å². The number of carboxylic acids is 1. The Morgan fingerprint density at radius 1 is 1.04 bits per heavy atom. The molecule has 1 amide bonds. The second kappa shape index (κ2) is 8.33. The summed E-state index contributed by atoms with van der Waals surface area (Å²) < 4.78 is 5.12. The first-order valence-corrected chi connectivity index (χ1v) is 8.16. The summed E-state index contributed by atoms with van der Waals surface area (Å²) in [6.45, 7) is 5.55. The number of hydrogen-bond acceptors (Lipinski definition) is 3. The molecule has 0 aliphatic heterocycles. The van der Waals surface area contributed by atoms with E-state index in [0.29, 0.717) is 24.3 Å². The van der Waals surface area contributed by atoms with E-state index in [-0.39, 0.29) is 12.5 Å². The normalized spacial score (nSPS) is 10.4. The highest BCUT2D eigenvalue weighted by Crippen LogP contribution is 2.22. The van der Waals surface area contributed by atoms with Crippen LogP contribution < -0.4 is 10.1 Å². The van der Waals surface area contributed by atoms with Crippen molar-refractivity contribution in [3.05, 3.63) is 58.7 Å². The predicted octanol–water partition coefficient (Wildman–Crippen LogP) is 3.65. The molecule has 25 heavy (non-hydrogen) atoms. The molecule has 5 heteroatoms. The molecule has 0 aromatic heterocycles. The quantitative estimate of drug-likeness (QED) is 0.806. The van der Waals surface area contributed by atoms with E-state index in [1.54, 1.807) is 18.2 Å². The number of benzene rings is 2. The Kier molecular flexibility index (Phi) is 6.17. The van der Waals surface area contributed by atoms with Crippen LogP contribution in [0, 0.1) is 20.8 Å². The molecule has 2 aromatic carbocycles. The van der Waals surface area contributed by atoms with E-state index in [9.17, 15) is 9.59 Å². The van der Waals surface area contributed by atoms with Crippen LogP contribution in [0.3, 0.4) is 0 Å². The first-order valence-electron chi connectivity index (χ1n) is 8.16. The third-order valence-corrected chi connectivity index (χ3v) is 3.76. The summed E-state index contributed by atoms with van der Waals surface area (Å²) in [4.78, 5) is 22.7. The monoisotopic (exact) mass is 341 g/mol. The number of aliphatic carboxylic acids is 1. The van der Waals surface area contributed by atoms with Crippen molar-refractivity contribution in [1.82, 2.24) is 0 Å². The molecule has 2 rings (SSSR count). The molecule has 2 aromatic rings. The van der Waals surface area contributed by atoms with Gasteiger partial charge in [-0.2, -0.15) is 0 Å². The van der Waals surface area contributed by atoms with Gasteiger partial charge in [0, 0.05) is 12.1 Å². The van der Waals surface area contributed by atoms with Gasteiger partial charge >= 0.3 is 5.97 Å².